The summed E-state index contributed by atoms with van der Waals surface area (Å²) in [5, 5.41) is 0. The molecule has 0 amide bonds. The molecule has 0 aliphatic carbocycles. The molecule has 0 N–H and O–H groups in total. The number of carbonyl (C=O) groups excluding carboxylic acids is 1. The number of rotatable bonds is 2. The average molecular weight is 276 g/mol. The number of hydrogen-bond acceptors (Lipinski definition) is 3. The molecule has 1 aromatic heterocycles. The van der Waals surface area contributed by atoms with Crippen molar-refractivity contribution in [3.63, 3.8) is 0 Å². The predicted octanol–water partition coefficient (Wildman–Crippen LogP) is 3.49. The zero-order valence-electron chi connectivity index (χ0n) is 8.78. The Morgan fingerprint density at radius 1 is 1.22 bits per heavy atom. The fraction of sp³-hybridized carbons (Fsp3) is 0.444. The minimum atomic E-state index is -5.22. The molecule has 0 spiro atoms. The molecular formula is C9H6F6O3. The van der Waals surface area contributed by atoms with Gasteiger partial charge in [-0.1, -0.05) is 0 Å². The Morgan fingerprint density at radius 2 is 1.78 bits per heavy atom. The van der Waals surface area contributed by atoms with Gasteiger partial charge in [0.1, 0.15) is 17.4 Å². The molecule has 1 rings (SSSR count). The lowest BCUT2D eigenvalue weighted by atomic mass is 10.1. The van der Waals surface area contributed by atoms with Crippen LogP contribution < -0.4 is 0 Å². The molecule has 0 unspecified atom stereocenters. The highest BCUT2D eigenvalue weighted by Crippen LogP contribution is 2.41. The summed E-state index contributed by atoms with van der Waals surface area (Å²) in [5.41, 5.74) is -3.47. The first kappa shape index (κ1) is 14.4. The normalized spacial score (nSPS) is 12.6. The zero-order valence-corrected chi connectivity index (χ0v) is 8.78. The maximum absolute atomic E-state index is 12.4. The molecule has 9 heteroatoms. The van der Waals surface area contributed by atoms with Crippen LogP contribution in [0.15, 0.2) is 10.7 Å². The van der Waals surface area contributed by atoms with Crippen LogP contribution in [0.3, 0.4) is 0 Å². The van der Waals surface area contributed by atoms with Gasteiger partial charge in [-0.3, -0.25) is 0 Å². The predicted molar refractivity (Wildman–Crippen MR) is 44.7 cm³/mol. The lowest BCUT2D eigenvalue weighted by Crippen LogP contribution is -2.18. The molecule has 1 aromatic rings. The Hall–Kier alpha value is -1.67. The zero-order chi connectivity index (χ0) is 14.1. The van der Waals surface area contributed by atoms with Gasteiger partial charge in [-0.25, -0.2) is 4.79 Å². The highest BCUT2D eigenvalue weighted by Gasteiger charge is 2.47. The molecule has 0 bridgehead atoms. The Labute approximate surface area is 96.3 Å². The van der Waals surface area contributed by atoms with Gasteiger partial charge in [0.25, 0.3) is 0 Å². The monoisotopic (exact) mass is 276 g/mol. The summed E-state index contributed by atoms with van der Waals surface area (Å²) >= 11 is 0. The summed E-state index contributed by atoms with van der Waals surface area (Å²) in [5.74, 6) is -3.75. The first-order chi connectivity index (χ1) is 8.09. The van der Waals surface area contributed by atoms with E-state index in [2.05, 4.69) is 9.15 Å². The molecule has 18 heavy (non-hydrogen) atoms. The van der Waals surface area contributed by atoms with E-state index in [1.807, 2.05) is 0 Å². The minimum Gasteiger partial charge on any atom is -0.462 e. The van der Waals surface area contributed by atoms with Gasteiger partial charge in [0.15, 0.2) is 0 Å². The van der Waals surface area contributed by atoms with E-state index in [9.17, 15) is 31.1 Å². The third kappa shape index (κ3) is 2.77. The van der Waals surface area contributed by atoms with Crippen LogP contribution in [-0.2, 0) is 17.1 Å². The Bertz CT molecular complexity index is 411. The maximum Gasteiger partial charge on any atom is 0.450 e. The minimum absolute atomic E-state index is 0.158. The van der Waals surface area contributed by atoms with Gasteiger partial charge in [-0.05, 0) is 6.92 Å². The largest absolute Gasteiger partial charge is 0.462 e. The molecule has 102 valence electrons. The lowest BCUT2D eigenvalue weighted by Gasteiger charge is -2.09. The number of alkyl halides is 6. The van der Waals surface area contributed by atoms with Gasteiger partial charge in [0, 0.05) is 0 Å². The number of carbonyl (C=O) groups is 1. The standard InChI is InChI=1S/C9H6F6O3/c1-2-17-7(16)5-4(8(10,11)12)3-18-6(5)9(13,14)15/h3H,2H2,1H3. The van der Waals surface area contributed by atoms with E-state index < -0.39 is 35.2 Å². The number of esters is 1. The molecule has 0 aliphatic heterocycles. The van der Waals surface area contributed by atoms with Crippen LogP contribution in [0.2, 0.25) is 0 Å². The van der Waals surface area contributed by atoms with Crippen molar-refractivity contribution in [1.82, 2.24) is 0 Å². The van der Waals surface area contributed by atoms with Crippen molar-refractivity contribution < 1.29 is 40.3 Å². The van der Waals surface area contributed by atoms with Gasteiger partial charge in [0.05, 0.1) is 6.61 Å². The van der Waals surface area contributed by atoms with Gasteiger partial charge in [0.2, 0.25) is 5.76 Å². The highest BCUT2D eigenvalue weighted by atomic mass is 19.4. The van der Waals surface area contributed by atoms with E-state index in [1.54, 1.807) is 0 Å². The van der Waals surface area contributed by atoms with Gasteiger partial charge >= 0.3 is 18.3 Å². The SMILES string of the molecule is CCOC(=O)c1c(C(F)(F)F)coc1C(F)(F)F. The summed E-state index contributed by atoms with van der Waals surface area (Å²) in [4.78, 5) is 11.2. The van der Waals surface area contributed by atoms with E-state index in [0.29, 0.717) is 0 Å². The molecule has 0 aliphatic rings. The van der Waals surface area contributed by atoms with Crippen molar-refractivity contribution in [3.8, 4) is 0 Å². The van der Waals surface area contributed by atoms with Crippen LogP contribution >= 0.6 is 0 Å². The maximum atomic E-state index is 12.4. The molecule has 0 saturated carbocycles. The summed E-state index contributed by atoms with van der Waals surface area (Å²) < 4.78 is 82.4. The molecule has 0 saturated heterocycles. The van der Waals surface area contributed by atoms with Crippen LogP contribution in [0.5, 0.6) is 0 Å². The second kappa shape index (κ2) is 4.54. The Balaban J connectivity index is 3.40. The van der Waals surface area contributed by atoms with E-state index in [1.165, 1.54) is 6.92 Å². The number of furan rings is 1. The fourth-order valence-electron chi connectivity index (χ4n) is 1.18. The van der Waals surface area contributed by atoms with Crippen molar-refractivity contribution in [1.29, 1.82) is 0 Å². The number of ether oxygens (including phenoxy) is 1. The molecule has 0 aromatic carbocycles. The summed E-state index contributed by atoms with van der Waals surface area (Å²) in [6.07, 6.45) is -10.5. The van der Waals surface area contributed by atoms with Gasteiger partial charge < -0.3 is 9.15 Å². The van der Waals surface area contributed by atoms with Crippen molar-refractivity contribution in [2.75, 3.05) is 6.61 Å². The molecular weight excluding hydrogens is 270 g/mol. The molecule has 0 fully saturated rings. The lowest BCUT2D eigenvalue weighted by molar-refractivity contribution is -0.153. The average Bonchev–Trinajstić information content (AvgIpc) is 2.60. The Morgan fingerprint density at radius 3 is 2.17 bits per heavy atom. The van der Waals surface area contributed by atoms with Crippen LogP contribution in [0, 0.1) is 0 Å². The van der Waals surface area contributed by atoms with Crippen molar-refractivity contribution in [3.05, 3.63) is 23.2 Å². The van der Waals surface area contributed by atoms with Crippen molar-refractivity contribution >= 4 is 5.97 Å². The van der Waals surface area contributed by atoms with E-state index in [-0.39, 0.29) is 12.9 Å². The molecule has 0 radical (unpaired) electrons. The Kier molecular flexibility index (Phi) is 3.63. The third-order valence-corrected chi connectivity index (χ3v) is 1.83. The summed E-state index contributed by atoms with van der Waals surface area (Å²) in [6.45, 7) is 0.886. The van der Waals surface area contributed by atoms with Gasteiger partial charge in [-0.2, -0.15) is 26.3 Å². The highest BCUT2D eigenvalue weighted by molar-refractivity contribution is 5.92. The molecule has 3 nitrogen and oxygen atoms in total. The van der Waals surface area contributed by atoms with Crippen molar-refractivity contribution in [2.45, 2.75) is 19.3 Å². The van der Waals surface area contributed by atoms with Crippen LogP contribution in [0.4, 0.5) is 26.3 Å². The molecule has 1 heterocycles. The third-order valence-electron chi connectivity index (χ3n) is 1.83. The first-order valence-electron chi connectivity index (χ1n) is 4.52. The van der Waals surface area contributed by atoms with E-state index in [4.69, 9.17) is 0 Å². The fourth-order valence-corrected chi connectivity index (χ4v) is 1.18. The first-order valence-corrected chi connectivity index (χ1v) is 4.52. The second-order valence-corrected chi connectivity index (χ2v) is 3.07. The summed E-state index contributed by atoms with van der Waals surface area (Å²) in [7, 11) is 0. The van der Waals surface area contributed by atoms with E-state index >= 15 is 0 Å². The molecule has 0 atom stereocenters. The second-order valence-electron chi connectivity index (χ2n) is 3.07. The van der Waals surface area contributed by atoms with Crippen LogP contribution in [0.1, 0.15) is 28.6 Å². The van der Waals surface area contributed by atoms with Crippen molar-refractivity contribution in [2.24, 2.45) is 0 Å². The van der Waals surface area contributed by atoms with Gasteiger partial charge in [-0.15, -0.1) is 0 Å². The number of hydrogen-bond donors (Lipinski definition) is 0. The van der Waals surface area contributed by atoms with E-state index in [0.717, 1.165) is 0 Å². The smallest absolute Gasteiger partial charge is 0.450 e. The van der Waals surface area contributed by atoms with Crippen LogP contribution in [0.25, 0.3) is 0 Å². The quantitative estimate of drug-likeness (QED) is 0.613. The number of halogens is 6. The topological polar surface area (TPSA) is 39.4 Å². The summed E-state index contributed by atoms with van der Waals surface area (Å²) in [6, 6.07) is 0. The van der Waals surface area contributed by atoms with Crippen LogP contribution in [-0.4, -0.2) is 12.6 Å².